The Morgan fingerprint density at radius 3 is 2.30 bits per heavy atom. The molecule has 3 heterocycles. The summed E-state index contributed by atoms with van der Waals surface area (Å²) < 4.78 is 22.0. The van der Waals surface area contributed by atoms with Crippen LogP contribution in [-0.2, 0) is 33.4 Å². The maximum atomic E-state index is 12.8. The molecule has 0 radical (unpaired) electrons. The first-order chi connectivity index (χ1) is 31.8. The van der Waals surface area contributed by atoms with Crippen molar-refractivity contribution in [2.75, 3.05) is 69.1 Å². The van der Waals surface area contributed by atoms with Crippen LogP contribution in [-0.4, -0.2) is 126 Å². The molecule has 10 atom stereocenters. The summed E-state index contributed by atoms with van der Waals surface area (Å²) in [7, 11) is 3.16. The van der Waals surface area contributed by atoms with Crippen molar-refractivity contribution in [3.63, 3.8) is 0 Å². The summed E-state index contributed by atoms with van der Waals surface area (Å²) >= 11 is 8.50. The van der Waals surface area contributed by atoms with Crippen molar-refractivity contribution in [3.05, 3.63) is 34.9 Å². The number of halogens is 1. The maximum Gasteiger partial charge on any atom is 0.320 e. The number of nitrogens with zero attached hydrogens (tertiary/aromatic N) is 4. The summed E-state index contributed by atoms with van der Waals surface area (Å²) in [6.07, 6.45) is 10.2. The van der Waals surface area contributed by atoms with Gasteiger partial charge >= 0.3 is 11.9 Å². The number of benzene rings is 1. The van der Waals surface area contributed by atoms with Gasteiger partial charge in [0.2, 0.25) is 5.95 Å². The zero-order valence-corrected chi connectivity index (χ0v) is 41.4. The van der Waals surface area contributed by atoms with Gasteiger partial charge in [-0.2, -0.15) is 16.7 Å². The van der Waals surface area contributed by atoms with Gasteiger partial charge in [0.25, 0.3) is 5.91 Å². The second-order valence-electron chi connectivity index (χ2n) is 19.3. The Labute approximate surface area is 402 Å². The minimum absolute atomic E-state index is 0.0423. The average Bonchev–Trinajstić information content (AvgIpc) is 3.84. The lowest BCUT2D eigenvalue weighted by Gasteiger charge is -2.57. The van der Waals surface area contributed by atoms with Crippen LogP contribution in [0.5, 0.6) is 11.5 Å². The number of carboxylic acids is 1. The highest BCUT2D eigenvalue weighted by Gasteiger charge is 2.70. The van der Waals surface area contributed by atoms with E-state index in [1.807, 2.05) is 22.8 Å². The van der Waals surface area contributed by atoms with Crippen LogP contribution < -0.4 is 25.8 Å². The highest BCUT2D eigenvalue weighted by Crippen LogP contribution is 2.72. The van der Waals surface area contributed by atoms with Crippen LogP contribution in [0.3, 0.4) is 0 Å². The molecule has 5 N–H and O–H groups in total. The SMILES string of the molecule is CC(=O)O[C@]1(C(C)=O)CC[C@H]2[C@@H]3C=C(Cl)C4=CC(=O)[C@@H]5C[C@@H]5[C@]4(C)[C@H]3CC[C@@]21C.CCSCC[C@H](N)C(=O)O.COc1cc2nc(N3CCN(C(=O)C4CCCO4)CC3)nc(N)c2cc1OC. The Kier molecular flexibility index (Phi) is 15.2. The van der Waals surface area contributed by atoms with E-state index in [0.717, 1.165) is 55.6 Å². The highest BCUT2D eigenvalue weighted by atomic mass is 35.5. The molecule has 2 aromatic rings. The predicted octanol–water partition coefficient (Wildman–Crippen LogP) is 6.21. The van der Waals surface area contributed by atoms with Gasteiger partial charge in [-0.05, 0) is 111 Å². The van der Waals surface area contributed by atoms with Gasteiger partial charge < -0.3 is 45.3 Å². The molecule has 0 bridgehead atoms. The smallest absolute Gasteiger partial charge is 0.320 e. The summed E-state index contributed by atoms with van der Waals surface area (Å²) in [5.74, 6) is 4.43. The van der Waals surface area contributed by atoms with Gasteiger partial charge in [0.05, 0.1) is 19.7 Å². The Morgan fingerprint density at radius 2 is 1.69 bits per heavy atom. The van der Waals surface area contributed by atoms with Crippen molar-refractivity contribution in [2.45, 2.75) is 104 Å². The van der Waals surface area contributed by atoms with Crippen LogP contribution in [0.1, 0.15) is 86.0 Å². The number of ether oxygens (including phenoxy) is 4. The zero-order valence-electron chi connectivity index (χ0n) is 39.8. The molecule has 0 spiro atoms. The molecule has 7 aliphatic rings. The number of nitrogens with two attached hydrogens (primary N) is 2. The summed E-state index contributed by atoms with van der Waals surface area (Å²) in [6.45, 7) is 12.7. The van der Waals surface area contributed by atoms with E-state index in [1.165, 1.54) is 6.92 Å². The molecule has 2 aliphatic heterocycles. The monoisotopic (exact) mass is 966 g/mol. The second kappa shape index (κ2) is 20.3. The molecule has 1 amide bonds. The first-order valence-electron chi connectivity index (χ1n) is 23.6. The van der Waals surface area contributed by atoms with Crippen molar-refractivity contribution in [2.24, 2.45) is 46.2 Å². The third kappa shape index (κ3) is 9.50. The van der Waals surface area contributed by atoms with E-state index in [-0.39, 0.29) is 58.1 Å². The van der Waals surface area contributed by atoms with Crippen molar-refractivity contribution in [3.8, 4) is 11.5 Å². The molecule has 1 unspecified atom stereocenters. The molecule has 5 aliphatic carbocycles. The molecule has 1 aromatic heterocycles. The van der Waals surface area contributed by atoms with Crippen molar-refractivity contribution in [1.29, 1.82) is 0 Å². The molecule has 366 valence electrons. The highest BCUT2D eigenvalue weighted by molar-refractivity contribution is 7.99. The Balaban J connectivity index is 0.000000166. The third-order valence-electron chi connectivity index (χ3n) is 15.9. The molecule has 2 saturated heterocycles. The fraction of sp³-hybridized carbons (Fsp3) is 0.653. The first-order valence-corrected chi connectivity index (χ1v) is 25.1. The van der Waals surface area contributed by atoms with Crippen LogP contribution in [0.2, 0.25) is 0 Å². The molecule has 67 heavy (non-hydrogen) atoms. The molecular formula is C49H67ClN6O10S. The van der Waals surface area contributed by atoms with E-state index in [0.29, 0.717) is 96.7 Å². The molecule has 5 fully saturated rings. The molecule has 16 nitrogen and oxygen atoms in total. The number of piperazine rings is 1. The number of carbonyl (C=O) groups is 5. The summed E-state index contributed by atoms with van der Waals surface area (Å²) in [4.78, 5) is 72.8. The van der Waals surface area contributed by atoms with Crippen molar-refractivity contribution >= 4 is 75.4 Å². The number of thioether (sulfide) groups is 1. The number of anilines is 2. The van der Waals surface area contributed by atoms with Gasteiger partial charge in [-0.25, -0.2) is 4.98 Å². The van der Waals surface area contributed by atoms with E-state index >= 15 is 0 Å². The minimum Gasteiger partial charge on any atom is -0.493 e. The number of hydrogen-bond acceptors (Lipinski definition) is 15. The average molecular weight is 968 g/mol. The number of ketones is 2. The topological polar surface area (TPSA) is 227 Å². The van der Waals surface area contributed by atoms with E-state index in [2.05, 4.69) is 29.9 Å². The van der Waals surface area contributed by atoms with Gasteiger partial charge in [0, 0.05) is 72.9 Å². The van der Waals surface area contributed by atoms with Gasteiger partial charge in [0.1, 0.15) is 18.0 Å². The number of aromatic nitrogens is 2. The quantitative estimate of drug-likeness (QED) is 0.168. The lowest BCUT2D eigenvalue weighted by atomic mass is 9.47. The van der Waals surface area contributed by atoms with Gasteiger partial charge in [-0.15, -0.1) is 0 Å². The lowest BCUT2D eigenvalue weighted by molar-refractivity contribution is -0.185. The maximum absolute atomic E-state index is 12.8. The normalized spacial score (nSPS) is 31.7. The largest absolute Gasteiger partial charge is 0.493 e. The number of rotatable bonds is 11. The van der Waals surface area contributed by atoms with Gasteiger partial charge in [-0.1, -0.05) is 38.4 Å². The minimum atomic E-state index is -1.03. The van der Waals surface area contributed by atoms with Crippen molar-refractivity contribution in [1.82, 2.24) is 14.9 Å². The second-order valence-corrected chi connectivity index (χ2v) is 21.1. The fourth-order valence-corrected chi connectivity index (χ4v) is 13.3. The predicted molar refractivity (Wildman–Crippen MR) is 257 cm³/mol. The van der Waals surface area contributed by atoms with Crippen LogP contribution >= 0.6 is 23.4 Å². The number of carbonyl (C=O) groups excluding carboxylic acids is 4. The number of nitrogen functional groups attached to an aromatic ring is 1. The van der Waals surface area contributed by atoms with Crippen molar-refractivity contribution < 1.29 is 48.0 Å². The number of hydrogen-bond donors (Lipinski definition) is 3. The van der Waals surface area contributed by atoms with Crippen LogP contribution in [0.25, 0.3) is 10.9 Å². The number of fused-ring (bicyclic) bond motifs is 8. The molecule has 9 rings (SSSR count). The summed E-state index contributed by atoms with van der Waals surface area (Å²) in [6, 6.07) is 2.90. The van der Waals surface area contributed by atoms with Crippen LogP contribution in [0.15, 0.2) is 34.9 Å². The zero-order chi connectivity index (χ0) is 48.6. The third-order valence-corrected chi connectivity index (χ3v) is 17.2. The number of amides is 1. The standard InChI is InChI=1S/C24H29ClO4.C19H25N5O4.C6H13NO2S/c1-12(26)24(29-13(2)27)8-6-16-14-10-20(25)19-11-21(28)15-9-18(15)23(19,4)17(14)5-7-22(16,24)3;1-26-15-10-12-13(11-16(15)27-2)21-19(22-17(12)20)24-7-5-23(6-8-24)18(25)14-4-3-9-28-14;1-2-10-4-3-5(7)6(8)9/h10-11,14-18H,5-9H2,1-4H3;10-11,14H,3-9H2,1-2H3,(H2,20,21,22);5H,2-4,7H2,1H3,(H,8,9)/t14-,15+,16-,17-,18-,22-,23-,24-;;5-/m0.0/s1. The molecular weight excluding hydrogens is 900 g/mol. The molecule has 3 saturated carbocycles. The first kappa shape index (κ1) is 50.4. The summed E-state index contributed by atoms with van der Waals surface area (Å²) in [5, 5.41) is 9.78. The van der Waals surface area contributed by atoms with Crippen LogP contribution in [0, 0.1) is 40.4 Å². The number of aliphatic carboxylic acids is 1. The number of esters is 1. The summed E-state index contributed by atoms with van der Waals surface area (Å²) in [5.41, 5.74) is 11.7. The van der Waals surface area contributed by atoms with E-state index in [1.54, 1.807) is 45.0 Å². The van der Waals surface area contributed by atoms with Gasteiger partial charge in [0.15, 0.2) is 28.7 Å². The number of carboxylic acid groups (broad SMARTS) is 1. The van der Waals surface area contributed by atoms with E-state index in [9.17, 15) is 24.0 Å². The number of allylic oxidation sites excluding steroid dienone is 4. The van der Waals surface area contributed by atoms with E-state index < -0.39 is 17.6 Å². The fourth-order valence-electron chi connectivity index (χ4n) is 12.2. The lowest BCUT2D eigenvalue weighted by Crippen LogP contribution is -2.58. The van der Waals surface area contributed by atoms with E-state index in [4.69, 9.17) is 47.1 Å². The van der Waals surface area contributed by atoms with Crippen LogP contribution in [0.4, 0.5) is 11.8 Å². The Morgan fingerprint density at radius 1 is 1.00 bits per heavy atom. The molecule has 18 heteroatoms. The van der Waals surface area contributed by atoms with Gasteiger partial charge in [-0.3, -0.25) is 24.0 Å². The Hall–Kier alpha value is -4.45. The number of methoxy groups -OCH3 is 2. The Bertz CT molecular complexity index is 2320. The molecule has 1 aromatic carbocycles. The number of Topliss-reactive ketones (excluding diaryl/α,β-unsaturated/α-hetero) is 1.